The first-order valence-corrected chi connectivity index (χ1v) is 32.6. The van der Waals surface area contributed by atoms with Gasteiger partial charge in [-0.15, -0.1) is 0 Å². The Morgan fingerprint density at radius 3 is 0.900 bits per heavy atom. The molecule has 0 saturated heterocycles. The van der Waals surface area contributed by atoms with Crippen LogP contribution in [0.15, 0.2) is 0 Å². The summed E-state index contributed by atoms with van der Waals surface area (Å²) in [7, 11) is 0. The zero-order valence-electron chi connectivity index (χ0n) is 13.7. The molecule has 0 amide bonds. The SMILES string of the molecule is CC(C)P(=[Se])([Se][Se][Se][Se]P(=[Se])(C(C)C)C(C)C)C(C)C. The zero-order valence-corrected chi connectivity index (χ0v) is 25.7. The van der Waals surface area contributed by atoms with Crippen LogP contribution in [0.25, 0.3) is 0 Å². The fourth-order valence-corrected chi connectivity index (χ4v) is 170. The molecule has 0 nitrogen and oxygen atoms in total. The van der Waals surface area contributed by atoms with Gasteiger partial charge in [0, 0.05) is 0 Å². The van der Waals surface area contributed by atoms with Crippen LogP contribution in [0.2, 0.25) is 0 Å². The fraction of sp³-hybridized carbons (Fsp3) is 1.00. The average Bonchev–Trinajstić information content (AvgIpc) is 2.32. The minimum atomic E-state index is -0.750. The third-order valence-corrected chi connectivity index (χ3v) is 115. The second-order valence-corrected chi connectivity index (χ2v) is 65.8. The first kappa shape index (κ1) is 24.0. The minimum absolute atomic E-state index is 0.750. The molecule has 0 aliphatic rings. The molecule has 8 heteroatoms. The van der Waals surface area contributed by atoms with Crippen molar-refractivity contribution in [2.24, 2.45) is 0 Å². The molecule has 0 atom stereocenters. The third-order valence-electron chi connectivity index (χ3n) is 3.20. The first-order valence-electron chi connectivity index (χ1n) is 6.88. The van der Waals surface area contributed by atoms with E-state index in [1.807, 2.05) is 0 Å². The summed E-state index contributed by atoms with van der Waals surface area (Å²) in [5.41, 5.74) is 3.59. The van der Waals surface area contributed by atoms with Gasteiger partial charge in [0.1, 0.15) is 0 Å². The number of hydrogen-bond acceptors (Lipinski definition) is 0. The number of hydrogen-bond donors (Lipinski definition) is 0. The van der Waals surface area contributed by atoms with Crippen LogP contribution in [0.5, 0.6) is 0 Å². The van der Waals surface area contributed by atoms with Crippen molar-refractivity contribution < 1.29 is 0 Å². The van der Waals surface area contributed by atoms with Crippen molar-refractivity contribution in [2.45, 2.75) is 78.0 Å². The van der Waals surface area contributed by atoms with Crippen LogP contribution in [0, 0.1) is 0 Å². The van der Waals surface area contributed by atoms with Crippen LogP contribution in [0.1, 0.15) is 55.4 Å². The maximum absolute atomic E-state index is 3.71. The Morgan fingerprint density at radius 2 is 0.750 bits per heavy atom. The van der Waals surface area contributed by atoms with E-state index in [1.54, 1.807) is 0 Å². The van der Waals surface area contributed by atoms with Gasteiger partial charge < -0.3 is 0 Å². The second-order valence-electron chi connectivity index (χ2n) is 5.95. The Balaban J connectivity index is 4.53. The fourth-order valence-electron chi connectivity index (χ4n) is 1.66. The van der Waals surface area contributed by atoms with Crippen molar-refractivity contribution in [2.75, 3.05) is 0 Å². The molecule has 122 valence electrons. The Labute approximate surface area is 162 Å². The second kappa shape index (κ2) is 10.9. The molecule has 0 N–H and O–H groups in total. The monoisotopic (exact) mass is 714 g/mol. The van der Waals surface area contributed by atoms with Crippen molar-refractivity contribution in [3.63, 3.8) is 0 Å². The van der Waals surface area contributed by atoms with E-state index < -0.39 is 8.40 Å². The van der Waals surface area contributed by atoms with Gasteiger partial charge >= 0.3 is 165 Å². The molecule has 0 spiro atoms. The molecule has 0 aromatic heterocycles. The summed E-state index contributed by atoms with van der Waals surface area (Å²) in [5.74, 6) is 0. The summed E-state index contributed by atoms with van der Waals surface area (Å²) < 4.78 is -1.50. The molecule has 20 heavy (non-hydrogen) atoms. The van der Waals surface area contributed by atoms with Gasteiger partial charge in [0.15, 0.2) is 0 Å². The van der Waals surface area contributed by atoms with Gasteiger partial charge in [-0.1, -0.05) is 0 Å². The summed E-state index contributed by atoms with van der Waals surface area (Å²) >= 11 is 11.2. The van der Waals surface area contributed by atoms with Gasteiger partial charge in [-0.2, -0.15) is 0 Å². The van der Waals surface area contributed by atoms with Crippen molar-refractivity contribution in [3.05, 3.63) is 0 Å². The van der Waals surface area contributed by atoms with Gasteiger partial charge in [0.25, 0.3) is 0 Å². The Bertz CT molecular complexity index is 318. The predicted octanol–water partition coefficient (Wildman–Crippen LogP) is 3.21. The molecule has 0 bridgehead atoms. The molecular weight excluding hydrogens is 680 g/mol. The Kier molecular flexibility index (Phi) is 13.0. The topological polar surface area (TPSA) is 0 Å². The van der Waals surface area contributed by atoms with Crippen LogP contribution in [-0.4, -0.2) is 101 Å². The molecule has 0 unspecified atom stereocenters. The third kappa shape index (κ3) is 7.07. The molecule has 0 aliphatic carbocycles. The predicted molar refractivity (Wildman–Crippen MR) is 109 cm³/mol. The molecule has 0 saturated carbocycles. The van der Waals surface area contributed by atoms with Crippen molar-refractivity contribution >= 4 is 86.6 Å². The summed E-state index contributed by atoms with van der Waals surface area (Å²) in [6, 6.07) is 0. The molecular formula is C12H28P2Se6. The van der Waals surface area contributed by atoms with Crippen LogP contribution in [-0.2, 0) is 0 Å². The molecule has 0 heterocycles. The van der Waals surface area contributed by atoms with E-state index >= 15 is 0 Å². The van der Waals surface area contributed by atoms with E-state index in [0.717, 1.165) is 70.6 Å². The molecule has 0 aromatic carbocycles. The Hall–Kier alpha value is 3.98. The van der Waals surface area contributed by atoms with Crippen LogP contribution >= 0.6 is 8.40 Å². The van der Waals surface area contributed by atoms with Crippen LogP contribution < -0.4 is 0 Å². The zero-order chi connectivity index (χ0) is 16.1. The van der Waals surface area contributed by atoms with E-state index in [-0.39, 0.29) is 0 Å². The quantitative estimate of drug-likeness (QED) is 0.196. The van der Waals surface area contributed by atoms with E-state index in [4.69, 9.17) is 0 Å². The van der Waals surface area contributed by atoms with Crippen molar-refractivity contribution in [1.29, 1.82) is 0 Å². The van der Waals surface area contributed by atoms with Crippen molar-refractivity contribution in [1.82, 2.24) is 0 Å². The van der Waals surface area contributed by atoms with E-state index in [1.165, 1.54) is 0 Å². The molecule has 0 aromatic rings. The molecule has 0 rings (SSSR count). The van der Waals surface area contributed by atoms with E-state index in [0.29, 0.717) is 0 Å². The van der Waals surface area contributed by atoms with Crippen molar-refractivity contribution in [3.8, 4) is 0 Å². The first-order chi connectivity index (χ1) is 8.98. The van der Waals surface area contributed by atoms with Gasteiger partial charge in [-0.05, 0) is 0 Å². The summed E-state index contributed by atoms with van der Waals surface area (Å²) in [6.45, 7) is 19.6. The standard InChI is InChI=1S/C12H28P2Se6/c1-9(2)13(15,10(3)4)17-19-20-18-14(16,11(5)6)12(7)8/h9-12H,1-8H3. The number of rotatable bonds is 9. The molecule has 0 fully saturated rings. The summed E-state index contributed by atoms with van der Waals surface area (Å²) in [5, 5.41) is 0. The summed E-state index contributed by atoms with van der Waals surface area (Å²) in [6.07, 6.45) is 0. The summed E-state index contributed by atoms with van der Waals surface area (Å²) in [4.78, 5) is 0. The van der Waals surface area contributed by atoms with E-state index in [2.05, 4.69) is 85.6 Å². The van der Waals surface area contributed by atoms with Crippen LogP contribution in [0.4, 0.5) is 0 Å². The molecule has 0 radical (unpaired) electrons. The van der Waals surface area contributed by atoms with Gasteiger partial charge in [-0.25, -0.2) is 0 Å². The van der Waals surface area contributed by atoms with E-state index in [9.17, 15) is 0 Å². The van der Waals surface area contributed by atoms with Gasteiger partial charge in [0.05, 0.1) is 0 Å². The van der Waals surface area contributed by atoms with Gasteiger partial charge in [-0.3, -0.25) is 0 Å². The molecule has 0 aliphatic heterocycles. The Morgan fingerprint density at radius 1 is 0.550 bits per heavy atom. The average molecular weight is 708 g/mol. The normalized spacial score (nSPS) is 14.0. The van der Waals surface area contributed by atoms with Gasteiger partial charge in [0.2, 0.25) is 0 Å². The van der Waals surface area contributed by atoms with Crippen LogP contribution in [0.3, 0.4) is 0 Å². The maximum atomic E-state index is 3.71.